The van der Waals surface area contributed by atoms with Crippen molar-refractivity contribution in [3.63, 3.8) is 0 Å². The predicted octanol–water partition coefficient (Wildman–Crippen LogP) is 4.69. The predicted molar refractivity (Wildman–Crippen MR) is 102 cm³/mol. The average molecular weight is 392 g/mol. The summed E-state index contributed by atoms with van der Waals surface area (Å²) in [4.78, 5) is 26.4. The van der Waals surface area contributed by atoms with Crippen LogP contribution in [0.15, 0.2) is 42.5 Å². The molecular formula is C20H19Cl2NO3. The highest BCUT2D eigenvalue weighted by Gasteiger charge is 2.27. The van der Waals surface area contributed by atoms with Gasteiger partial charge in [-0.3, -0.25) is 4.79 Å². The number of amides is 1. The molecule has 0 bridgehead atoms. The van der Waals surface area contributed by atoms with E-state index in [1.807, 2.05) is 12.1 Å². The van der Waals surface area contributed by atoms with Crippen LogP contribution in [0.5, 0.6) is 0 Å². The zero-order valence-electron chi connectivity index (χ0n) is 14.4. The van der Waals surface area contributed by atoms with Crippen molar-refractivity contribution in [2.75, 3.05) is 13.7 Å². The van der Waals surface area contributed by atoms with Crippen molar-refractivity contribution in [1.29, 1.82) is 0 Å². The Hall–Kier alpha value is -2.04. The summed E-state index contributed by atoms with van der Waals surface area (Å²) in [6.07, 6.45) is 2.95. The summed E-state index contributed by atoms with van der Waals surface area (Å²) in [6, 6.07) is 12.7. The van der Waals surface area contributed by atoms with E-state index >= 15 is 0 Å². The summed E-state index contributed by atoms with van der Waals surface area (Å²) in [6.45, 7) is -0.336. The van der Waals surface area contributed by atoms with Gasteiger partial charge in [-0.25, -0.2) is 4.79 Å². The van der Waals surface area contributed by atoms with E-state index in [1.165, 1.54) is 23.3 Å². The molecule has 4 nitrogen and oxygen atoms in total. The van der Waals surface area contributed by atoms with Gasteiger partial charge in [0.25, 0.3) is 5.91 Å². The maximum absolute atomic E-state index is 12.5. The molecule has 0 saturated carbocycles. The van der Waals surface area contributed by atoms with Gasteiger partial charge in [0.2, 0.25) is 0 Å². The van der Waals surface area contributed by atoms with Crippen LogP contribution in [0.3, 0.4) is 0 Å². The molecule has 6 heteroatoms. The van der Waals surface area contributed by atoms with Gasteiger partial charge in [0.1, 0.15) is 0 Å². The molecule has 1 unspecified atom stereocenters. The van der Waals surface area contributed by atoms with E-state index in [-0.39, 0.29) is 29.1 Å². The van der Waals surface area contributed by atoms with E-state index < -0.39 is 5.97 Å². The second-order valence-electron chi connectivity index (χ2n) is 6.31. The van der Waals surface area contributed by atoms with Crippen molar-refractivity contribution in [1.82, 2.24) is 4.90 Å². The molecule has 1 amide bonds. The van der Waals surface area contributed by atoms with Crippen LogP contribution in [0.4, 0.5) is 0 Å². The Morgan fingerprint density at radius 3 is 2.77 bits per heavy atom. The van der Waals surface area contributed by atoms with Gasteiger partial charge in [-0.2, -0.15) is 0 Å². The lowest BCUT2D eigenvalue weighted by Crippen LogP contribution is -2.36. The first kappa shape index (κ1) is 18.7. The zero-order valence-corrected chi connectivity index (χ0v) is 15.9. The second-order valence-corrected chi connectivity index (χ2v) is 7.16. The molecule has 2 aromatic carbocycles. The molecule has 1 atom stereocenters. The molecule has 136 valence electrons. The Kier molecular flexibility index (Phi) is 5.84. The Balaban J connectivity index is 1.65. The van der Waals surface area contributed by atoms with Gasteiger partial charge < -0.3 is 9.64 Å². The van der Waals surface area contributed by atoms with Crippen molar-refractivity contribution in [2.45, 2.75) is 25.3 Å². The van der Waals surface area contributed by atoms with Crippen LogP contribution in [0.2, 0.25) is 10.0 Å². The monoisotopic (exact) mass is 391 g/mol. The molecule has 26 heavy (non-hydrogen) atoms. The van der Waals surface area contributed by atoms with Crippen LogP contribution in [-0.2, 0) is 16.0 Å². The largest absolute Gasteiger partial charge is 0.452 e. The molecule has 0 fully saturated rings. The lowest BCUT2D eigenvalue weighted by atomic mass is 9.87. The van der Waals surface area contributed by atoms with Crippen molar-refractivity contribution in [3.8, 4) is 0 Å². The Bertz CT molecular complexity index is 838. The summed E-state index contributed by atoms with van der Waals surface area (Å²) in [5, 5.41) is 0.616. The highest BCUT2D eigenvalue weighted by Crippen LogP contribution is 2.33. The zero-order chi connectivity index (χ0) is 18.7. The van der Waals surface area contributed by atoms with Gasteiger partial charge in [0.15, 0.2) is 6.61 Å². The average Bonchev–Trinajstić information content (AvgIpc) is 2.66. The summed E-state index contributed by atoms with van der Waals surface area (Å²) >= 11 is 11.9. The van der Waals surface area contributed by atoms with Gasteiger partial charge in [-0.05, 0) is 48.6 Å². The molecule has 0 aromatic heterocycles. The number of likely N-dealkylation sites (N-methyl/N-ethyl adjacent to an activating group) is 1. The smallest absolute Gasteiger partial charge is 0.340 e. The summed E-state index contributed by atoms with van der Waals surface area (Å²) in [7, 11) is 1.75. The van der Waals surface area contributed by atoms with Crippen molar-refractivity contribution >= 4 is 35.1 Å². The first-order chi connectivity index (χ1) is 12.5. The summed E-state index contributed by atoms with van der Waals surface area (Å²) in [5.41, 5.74) is 2.59. The fourth-order valence-corrected chi connectivity index (χ4v) is 3.63. The first-order valence-corrected chi connectivity index (χ1v) is 9.18. The number of nitrogens with zero attached hydrogens (tertiary/aromatic N) is 1. The number of hydrogen-bond acceptors (Lipinski definition) is 3. The third kappa shape index (κ3) is 4.02. The number of carbonyl (C=O) groups is 2. The van der Waals surface area contributed by atoms with Gasteiger partial charge in [-0.1, -0.05) is 47.5 Å². The SMILES string of the molecule is CN(C(=O)COC(=O)c1cc(Cl)ccc1Cl)C1CCCc2ccccc21. The maximum atomic E-state index is 12.5. The van der Waals surface area contributed by atoms with E-state index in [2.05, 4.69) is 12.1 Å². The maximum Gasteiger partial charge on any atom is 0.340 e. The number of benzene rings is 2. The highest BCUT2D eigenvalue weighted by molar-refractivity contribution is 6.35. The number of carbonyl (C=O) groups excluding carboxylic acids is 2. The third-order valence-corrected chi connectivity index (χ3v) is 5.24. The molecule has 0 radical (unpaired) electrons. The molecule has 0 saturated heterocycles. The minimum Gasteiger partial charge on any atom is -0.452 e. The fraction of sp³-hybridized carbons (Fsp3) is 0.300. The lowest BCUT2D eigenvalue weighted by molar-refractivity contribution is -0.135. The molecular weight excluding hydrogens is 373 g/mol. The van der Waals surface area contributed by atoms with Gasteiger partial charge in [0.05, 0.1) is 16.6 Å². The van der Waals surface area contributed by atoms with Crippen LogP contribution in [0.25, 0.3) is 0 Å². The molecule has 2 aromatic rings. The lowest BCUT2D eigenvalue weighted by Gasteiger charge is -2.33. The molecule has 0 heterocycles. The molecule has 3 rings (SSSR count). The molecule has 1 aliphatic carbocycles. The molecule has 1 aliphatic rings. The van der Waals surface area contributed by atoms with E-state index in [4.69, 9.17) is 27.9 Å². The highest BCUT2D eigenvalue weighted by atomic mass is 35.5. The second kappa shape index (κ2) is 8.11. The van der Waals surface area contributed by atoms with Crippen LogP contribution < -0.4 is 0 Å². The number of hydrogen-bond donors (Lipinski definition) is 0. The standard InChI is InChI=1S/C20H19Cl2NO3/c1-23(18-8-4-6-13-5-2-3-7-15(13)18)19(24)12-26-20(25)16-11-14(21)9-10-17(16)22/h2-3,5,7,9-11,18H,4,6,8,12H2,1H3. The normalized spacial score (nSPS) is 15.9. The summed E-state index contributed by atoms with van der Waals surface area (Å²) < 4.78 is 5.15. The number of rotatable bonds is 4. The molecule has 0 N–H and O–H groups in total. The van der Waals surface area contributed by atoms with E-state index in [0.717, 1.165) is 19.3 Å². The number of ether oxygens (including phenoxy) is 1. The third-order valence-electron chi connectivity index (χ3n) is 4.67. The van der Waals surface area contributed by atoms with E-state index in [9.17, 15) is 9.59 Å². The Morgan fingerprint density at radius 1 is 1.19 bits per heavy atom. The van der Waals surface area contributed by atoms with E-state index in [0.29, 0.717) is 5.02 Å². The van der Waals surface area contributed by atoms with Crippen molar-refractivity contribution < 1.29 is 14.3 Å². The molecule has 0 aliphatic heterocycles. The molecule has 0 spiro atoms. The van der Waals surface area contributed by atoms with Crippen LogP contribution in [0, 0.1) is 0 Å². The van der Waals surface area contributed by atoms with Crippen molar-refractivity contribution in [3.05, 3.63) is 69.2 Å². The Morgan fingerprint density at radius 2 is 1.96 bits per heavy atom. The van der Waals surface area contributed by atoms with Gasteiger partial charge in [0, 0.05) is 12.1 Å². The number of esters is 1. The van der Waals surface area contributed by atoms with Gasteiger partial charge in [-0.15, -0.1) is 0 Å². The first-order valence-electron chi connectivity index (χ1n) is 8.43. The number of halogens is 2. The van der Waals surface area contributed by atoms with Crippen LogP contribution >= 0.6 is 23.2 Å². The topological polar surface area (TPSA) is 46.6 Å². The Labute approximate surface area is 162 Å². The van der Waals surface area contributed by atoms with Gasteiger partial charge >= 0.3 is 5.97 Å². The van der Waals surface area contributed by atoms with E-state index in [1.54, 1.807) is 18.0 Å². The minimum atomic E-state index is -0.664. The number of fused-ring (bicyclic) bond motifs is 1. The quantitative estimate of drug-likeness (QED) is 0.710. The van der Waals surface area contributed by atoms with Crippen LogP contribution in [0.1, 0.15) is 40.4 Å². The minimum absolute atomic E-state index is 0.000842. The number of aryl methyl sites for hydroxylation is 1. The summed E-state index contributed by atoms with van der Waals surface area (Å²) in [5.74, 6) is -0.915. The van der Waals surface area contributed by atoms with Crippen LogP contribution in [-0.4, -0.2) is 30.4 Å². The fourth-order valence-electron chi connectivity index (χ4n) is 3.27. The van der Waals surface area contributed by atoms with Crippen molar-refractivity contribution in [2.24, 2.45) is 0 Å².